The van der Waals surface area contributed by atoms with E-state index in [0.717, 1.165) is 48.7 Å². The van der Waals surface area contributed by atoms with Crippen molar-refractivity contribution in [2.24, 2.45) is 5.73 Å². The Hall–Kier alpha value is -3.64. The van der Waals surface area contributed by atoms with E-state index in [1.54, 1.807) is 12.4 Å². The summed E-state index contributed by atoms with van der Waals surface area (Å²) in [6.07, 6.45) is 6.63. The Morgan fingerprint density at radius 3 is 2.57 bits per heavy atom. The van der Waals surface area contributed by atoms with Crippen LogP contribution in [0.4, 0.5) is 0 Å². The molecule has 0 atom stereocenters. The molecule has 3 aromatic rings. The third-order valence-electron chi connectivity index (χ3n) is 4.66. The number of imidazole rings is 1. The van der Waals surface area contributed by atoms with Crippen LogP contribution >= 0.6 is 0 Å². The van der Waals surface area contributed by atoms with Crippen LogP contribution in [0.5, 0.6) is 0 Å². The molecule has 0 saturated heterocycles. The van der Waals surface area contributed by atoms with E-state index >= 15 is 0 Å². The van der Waals surface area contributed by atoms with Crippen LogP contribution < -0.4 is 11.1 Å². The summed E-state index contributed by atoms with van der Waals surface area (Å²) in [7, 11) is 0. The monoisotopic (exact) mass is 401 g/mol. The van der Waals surface area contributed by atoms with Gasteiger partial charge in [0, 0.05) is 49.8 Å². The summed E-state index contributed by atoms with van der Waals surface area (Å²) in [6.45, 7) is 7.31. The number of carbonyl (C=O) groups is 1. The number of rotatable bonds is 11. The Morgan fingerprint density at radius 1 is 1.13 bits per heavy atom. The average molecular weight is 402 g/mol. The molecule has 4 N–H and O–H groups in total. The Balaban J connectivity index is 1.59. The van der Waals surface area contributed by atoms with Crippen LogP contribution in [0.3, 0.4) is 0 Å². The number of aromatic nitrogens is 2. The number of carbonyl (C=O) groups excluding carboxylic acids is 1. The van der Waals surface area contributed by atoms with E-state index in [0.29, 0.717) is 0 Å². The van der Waals surface area contributed by atoms with Gasteiger partial charge in [0.15, 0.2) is 0 Å². The fraction of sp³-hybridized carbons (Fsp3) is 0.167. The van der Waals surface area contributed by atoms with Crippen molar-refractivity contribution in [3.8, 4) is 0 Å². The van der Waals surface area contributed by atoms with Crippen LogP contribution in [-0.4, -0.2) is 33.9 Å². The third kappa shape index (κ3) is 6.76. The first kappa shape index (κ1) is 21.1. The topological polar surface area (TPSA) is 87.0 Å². The van der Waals surface area contributed by atoms with Gasteiger partial charge in [-0.2, -0.15) is 0 Å². The predicted molar refractivity (Wildman–Crippen MR) is 121 cm³/mol. The largest absolute Gasteiger partial charge is 0.384 e. The summed E-state index contributed by atoms with van der Waals surface area (Å²) in [6, 6.07) is 18.2. The molecular weight excluding hydrogens is 374 g/mol. The Morgan fingerprint density at radius 2 is 1.90 bits per heavy atom. The number of nitrogens with one attached hydrogen (secondary N) is 2. The molecule has 1 heterocycles. The molecule has 0 aliphatic heterocycles. The molecule has 30 heavy (non-hydrogen) atoms. The van der Waals surface area contributed by atoms with Gasteiger partial charge in [-0.25, -0.2) is 4.98 Å². The number of amides is 1. The minimum atomic E-state index is -0.450. The molecule has 154 valence electrons. The molecule has 3 rings (SSSR count). The Kier molecular flexibility index (Phi) is 7.58. The molecule has 0 aliphatic carbocycles. The highest BCUT2D eigenvalue weighted by Gasteiger charge is 2.09. The maximum absolute atomic E-state index is 10.9. The summed E-state index contributed by atoms with van der Waals surface area (Å²) >= 11 is 0. The van der Waals surface area contributed by atoms with Gasteiger partial charge in [-0.05, 0) is 22.8 Å². The Bertz CT molecular complexity index is 963. The summed E-state index contributed by atoms with van der Waals surface area (Å²) in [5.41, 5.74) is 10.4. The number of benzene rings is 2. The summed E-state index contributed by atoms with van der Waals surface area (Å²) < 4.78 is 0. The summed E-state index contributed by atoms with van der Waals surface area (Å²) in [5.74, 6) is -0.450. The SMILES string of the molecule is C=C(NCCN(Cc1ccc(/C=C/C(N)=O)cc1)Cc1cnc[nH]1)c1ccccc1. The molecule has 0 aliphatic rings. The molecule has 0 spiro atoms. The second kappa shape index (κ2) is 10.8. The van der Waals surface area contributed by atoms with E-state index in [1.165, 1.54) is 11.6 Å². The molecule has 0 fully saturated rings. The number of nitrogens with two attached hydrogens (primary N) is 1. The second-order valence-electron chi connectivity index (χ2n) is 7.04. The third-order valence-corrected chi connectivity index (χ3v) is 4.66. The molecule has 2 aromatic carbocycles. The summed E-state index contributed by atoms with van der Waals surface area (Å²) in [5, 5.41) is 3.42. The zero-order valence-electron chi connectivity index (χ0n) is 16.9. The highest BCUT2D eigenvalue weighted by atomic mass is 16.1. The van der Waals surface area contributed by atoms with E-state index in [-0.39, 0.29) is 0 Å². The molecule has 0 radical (unpaired) electrons. The normalized spacial score (nSPS) is 11.1. The first-order valence-corrected chi connectivity index (χ1v) is 9.84. The molecule has 6 nitrogen and oxygen atoms in total. The van der Waals surface area contributed by atoms with Crippen LogP contribution in [0.2, 0.25) is 0 Å². The van der Waals surface area contributed by atoms with Gasteiger partial charge < -0.3 is 16.0 Å². The fourth-order valence-electron chi connectivity index (χ4n) is 3.10. The van der Waals surface area contributed by atoms with Crippen molar-refractivity contribution in [1.29, 1.82) is 0 Å². The van der Waals surface area contributed by atoms with Crippen LogP contribution in [0.1, 0.15) is 22.4 Å². The number of H-pyrrole nitrogens is 1. The van der Waals surface area contributed by atoms with Gasteiger partial charge in [0.1, 0.15) is 0 Å². The first-order valence-electron chi connectivity index (χ1n) is 9.84. The number of nitrogens with zero attached hydrogens (tertiary/aromatic N) is 2. The van der Waals surface area contributed by atoms with E-state index in [1.807, 2.05) is 48.7 Å². The fourth-order valence-corrected chi connectivity index (χ4v) is 3.10. The van der Waals surface area contributed by atoms with Crippen LogP contribution in [0, 0.1) is 0 Å². The molecular formula is C24H27N5O. The lowest BCUT2D eigenvalue weighted by Crippen LogP contribution is -2.31. The van der Waals surface area contributed by atoms with Crippen LogP contribution in [0.15, 0.2) is 79.8 Å². The van der Waals surface area contributed by atoms with Crippen LogP contribution in [-0.2, 0) is 17.9 Å². The maximum Gasteiger partial charge on any atom is 0.241 e. The predicted octanol–water partition coefficient (Wildman–Crippen LogP) is 3.17. The maximum atomic E-state index is 10.9. The number of primary amides is 1. The summed E-state index contributed by atoms with van der Waals surface area (Å²) in [4.78, 5) is 20.5. The van der Waals surface area contributed by atoms with Gasteiger partial charge >= 0.3 is 0 Å². The second-order valence-corrected chi connectivity index (χ2v) is 7.04. The quantitative estimate of drug-likeness (QED) is 0.431. The smallest absolute Gasteiger partial charge is 0.241 e. The zero-order chi connectivity index (χ0) is 21.2. The highest BCUT2D eigenvalue weighted by Crippen LogP contribution is 2.12. The van der Waals surface area contributed by atoms with Crippen molar-refractivity contribution in [2.75, 3.05) is 13.1 Å². The van der Waals surface area contributed by atoms with Gasteiger partial charge in [-0.3, -0.25) is 9.69 Å². The van der Waals surface area contributed by atoms with Gasteiger partial charge in [0.25, 0.3) is 0 Å². The molecule has 1 aromatic heterocycles. The van der Waals surface area contributed by atoms with Gasteiger partial charge in [-0.1, -0.05) is 61.2 Å². The van der Waals surface area contributed by atoms with Crippen molar-refractivity contribution in [2.45, 2.75) is 13.1 Å². The number of hydrogen-bond donors (Lipinski definition) is 3. The van der Waals surface area contributed by atoms with E-state index in [9.17, 15) is 4.79 Å². The highest BCUT2D eigenvalue weighted by molar-refractivity contribution is 5.90. The van der Waals surface area contributed by atoms with Crippen molar-refractivity contribution in [1.82, 2.24) is 20.2 Å². The lowest BCUT2D eigenvalue weighted by atomic mass is 10.1. The molecule has 1 amide bonds. The van der Waals surface area contributed by atoms with E-state index in [4.69, 9.17) is 5.73 Å². The minimum absolute atomic E-state index is 0.450. The average Bonchev–Trinajstić information content (AvgIpc) is 3.26. The number of aromatic amines is 1. The van der Waals surface area contributed by atoms with Crippen LogP contribution in [0.25, 0.3) is 11.8 Å². The lowest BCUT2D eigenvalue weighted by molar-refractivity contribution is -0.113. The molecule has 0 saturated carbocycles. The van der Waals surface area contributed by atoms with E-state index < -0.39 is 5.91 Å². The van der Waals surface area contributed by atoms with Crippen molar-refractivity contribution < 1.29 is 4.79 Å². The Labute approximate surface area is 177 Å². The number of hydrogen-bond acceptors (Lipinski definition) is 4. The van der Waals surface area contributed by atoms with Crippen molar-refractivity contribution >= 4 is 17.7 Å². The van der Waals surface area contributed by atoms with Gasteiger partial charge in [0.05, 0.1) is 6.33 Å². The zero-order valence-corrected chi connectivity index (χ0v) is 16.9. The van der Waals surface area contributed by atoms with Gasteiger partial charge in [-0.15, -0.1) is 0 Å². The molecule has 0 bridgehead atoms. The lowest BCUT2D eigenvalue weighted by Gasteiger charge is -2.23. The van der Waals surface area contributed by atoms with Crippen molar-refractivity contribution in [3.05, 3.63) is 102 Å². The molecule has 6 heteroatoms. The van der Waals surface area contributed by atoms with Crippen molar-refractivity contribution in [3.63, 3.8) is 0 Å². The van der Waals surface area contributed by atoms with E-state index in [2.05, 4.69) is 38.9 Å². The first-order chi connectivity index (χ1) is 14.6. The van der Waals surface area contributed by atoms with Gasteiger partial charge in [0.2, 0.25) is 5.91 Å². The standard InChI is InChI=1S/C24H27N5O/c1-19(22-5-3-2-4-6-22)27-13-14-29(17-23-15-26-18-28-23)16-21-9-7-20(8-10-21)11-12-24(25)30/h2-12,15,18,27H,1,13-14,16-17H2,(H2,25,30)(H,26,28)/b12-11+. The minimum Gasteiger partial charge on any atom is -0.384 e. The molecule has 0 unspecified atom stereocenters.